The number of ether oxygens (including phenoxy) is 5. The predicted molar refractivity (Wildman–Crippen MR) is 361 cm³/mol. The molecule has 2 rings (SSSR count). The third-order valence-electron chi connectivity index (χ3n) is 16.5. The lowest BCUT2D eigenvalue weighted by Gasteiger charge is -2.30. The van der Waals surface area contributed by atoms with Gasteiger partial charge in [0.25, 0.3) is 11.8 Å². The summed E-state index contributed by atoms with van der Waals surface area (Å²) < 4.78 is 32.0. The van der Waals surface area contributed by atoms with E-state index in [1.165, 1.54) is 145 Å². The van der Waals surface area contributed by atoms with Gasteiger partial charge in [-0.1, -0.05) is 152 Å². The Labute approximate surface area is 536 Å². The lowest BCUT2D eigenvalue weighted by molar-refractivity contribution is -0.188. The average Bonchev–Trinajstić information content (AvgIpc) is 3.40. The smallest absolute Gasteiger partial charge is 0.407 e. The summed E-state index contributed by atoms with van der Waals surface area (Å²) >= 11 is 0. The van der Waals surface area contributed by atoms with Crippen molar-refractivity contribution in [1.29, 1.82) is 0 Å². The molecule has 0 saturated carbocycles. The monoisotopic (exact) mass is 1240 g/mol. The van der Waals surface area contributed by atoms with E-state index in [1.807, 2.05) is 27.7 Å². The van der Waals surface area contributed by atoms with Crippen LogP contribution in [0.25, 0.3) is 0 Å². The highest BCUT2D eigenvalue weighted by Crippen LogP contribution is 2.39. The number of nitrogens with zero attached hydrogens (tertiary/aromatic N) is 2. The number of likely N-dealkylation sites (N-methyl/N-ethyl adjacent to an activating group) is 1. The molecule has 88 heavy (non-hydrogen) atoms. The molecule has 2 unspecified atom stereocenters. The minimum atomic E-state index is -0.604. The molecule has 2 aliphatic rings. The first-order valence-electron chi connectivity index (χ1n) is 35.4. The molecule has 0 aliphatic carbocycles. The van der Waals surface area contributed by atoms with Gasteiger partial charge in [-0.05, 0) is 157 Å². The highest BCUT2D eigenvalue weighted by molar-refractivity contribution is 6.12. The molecule has 0 aromatic rings. The number of rotatable bonds is 58. The Morgan fingerprint density at radius 3 is 1.51 bits per heavy atom. The average molecular weight is 1240 g/mol. The molecule has 5 amide bonds. The molecule has 0 spiro atoms. The van der Waals surface area contributed by atoms with E-state index in [0.717, 1.165) is 70.8 Å². The van der Waals surface area contributed by atoms with Crippen molar-refractivity contribution in [2.24, 2.45) is 0 Å². The number of imide groups is 1. The van der Waals surface area contributed by atoms with Gasteiger partial charge in [0.2, 0.25) is 11.8 Å². The Morgan fingerprint density at radius 1 is 0.523 bits per heavy atom. The highest BCUT2D eigenvalue weighted by Gasteiger charge is 2.46. The topological polar surface area (TPSA) is 174 Å². The maximum Gasteiger partial charge on any atom is 0.407 e. The highest BCUT2D eigenvalue weighted by atomic mass is 16.8. The molecule has 506 valence electrons. The number of carbonyl (C=O) groups is 5. The number of hydrogen-bond donors (Lipinski definition) is 3. The number of amides is 5. The van der Waals surface area contributed by atoms with Crippen LogP contribution in [0.3, 0.4) is 0 Å². The molecule has 2 aliphatic heterocycles. The molecule has 0 radical (unpaired) electrons. The van der Waals surface area contributed by atoms with Crippen LogP contribution in [-0.4, -0.2) is 135 Å². The molecule has 0 bridgehead atoms. The van der Waals surface area contributed by atoms with E-state index >= 15 is 0 Å². The number of hydrogen-bond acceptors (Lipinski definition) is 11. The van der Waals surface area contributed by atoms with E-state index in [4.69, 9.17) is 23.7 Å². The Kier molecular flexibility index (Phi) is 46.8. The second-order valence-electron chi connectivity index (χ2n) is 26.2. The first-order chi connectivity index (χ1) is 42.5. The fourth-order valence-corrected chi connectivity index (χ4v) is 11.0. The molecular weight excluding hydrogens is 1110 g/mol. The van der Waals surface area contributed by atoms with Crippen molar-refractivity contribution in [2.45, 2.75) is 308 Å². The quantitative estimate of drug-likeness (QED) is 0.0300. The Bertz CT molecular complexity index is 1920. The van der Waals surface area contributed by atoms with E-state index < -0.39 is 23.1 Å². The molecule has 1 saturated heterocycles. The van der Waals surface area contributed by atoms with Crippen LogP contribution >= 0.6 is 0 Å². The minimum absolute atomic E-state index is 0.00761. The largest absolute Gasteiger partial charge is 0.449 e. The molecule has 15 nitrogen and oxygen atoms in total. The van der Waals surface area contributed by atoms with Crippen molar-refractivity contribution >= 4 is 29.7 Å². The van der Waals surface area contributed by atoms with E-state index in [9.17, 15) is 24.0 Å². The molecule has 15 heteroatoms. The molecular formula is C73H129N5O10. The zero-order valence-electron chi connectivity index (χ0n) is 57.2. The van der Waals surface area contributed by atoms with Gasteiger partial charge in [0.1, 0.15) is 0 Å². The Balaban J connectivity index is 1.67. The molecule has 1 fully saturated rings. The van der Waals surface area contributed by atoms with Gasteiger partial charge < -0.3 is 44.5 Å². The van der Waals surface area contributed by atoms with E-state index in [2.05, 4.69) is 97.4 Å². The van der Waals surface area contributed by atoms with Crippen LogP contribution in [0, 0.1) is 0 Å². The molecule has 0 aromatic heterocycles. The minimum Gasteiger partial charge on any atom is -0.449 e. The summed E-state index contributed by atoms with van der Waals surface area (Å²) in [5.41, 5.74) is -0.879. The van der Waals surface area contributed by atoms with Gasteiger partial charge in [0, 0.05) is 77.0 Å². The molecule has 0 aromatic carbocycles. The van der Waals surface area contributed by atoms with Crippen molar-refractivity contribution < 1.29 is 47.7 Å². The number of alkyl carbamates (subject to hydrolysis) is 1. The number of nitrogens with one attached hydrogen (secondary N) is 3. The van der Waals surface area contributed by atoms with Crippen molar-refractivity contribution in [3.8, 4) is 0 Å². The van der Waals surface area contributed by atoms with Crippen LogP contribution in [0.4, 0.5) is 4.79 Å². The summed E-state index contributed by atoms with van der Waals surface area (Å²) in [6, 6.07) is 0. The molecule has 3 N–H and O–H groups in total. The number of carbonyl (C=O) groups excluding carboxylic acids is 5. The fourth-order valence-electron chi connectivity index (χ4n) is 11.0. The fraction of sp³-hybridized carbons (Fsp3) is 0.795. The van der Waals surface area contributed by atoms with Crippen LogP contribution < -0.4 is 16.0 Å². The van der Waals surface area contributed by atoms with Gasteiger partial charge in [-0.25, -0.2) is 4.79 Å². The number of unbranched alkanes of at least 4 members (excludes halogenated alkanes) is 22. The second-order valence-corrected chi connectivity index (χ2v) is 26.2. The normalized spacial score (nSPS) is 16.3. The predicted octanol–water partition coefficient (Wildman–Crippen LogP) is 16.2. The summed E-state index contributed by atoms with van der Waals surface area (Å²) in [7, 11) is 4.16. The zero-order valence-corrected chi connectivity index (χ0v) is 57.2. The van der Waals surface area contributed by atoms with Crippen molar-refractivity contribution in [3.63, 3.8) is 0 Å². The summed E-state index contributed by atoms with van der Waals surface area (Å²) in [6.07, 6.45) is 58.6. The third-order valence-corrected chi connectivity index (χ3v) is 16.5. The SMILES string of the molecule is CCCCC/C=C\C/C=C\CCCCCCCCC1(CCCCCCCC/C=C\C/C=C\CCCCC)OC(CCOC(=O)NCCCCCC(=O)NCCC(C)(C)OCCC(C)(C)OCCNC(=O)CCCCCN2C(=O)C=CC2=O)C(CN(C)C)O1. The van der Waals surface area contributed by atoms with Crippen LogP contribution in [0.2, 0.25) is 0 Å². The van der Waals surface area contributed by atoms with E-state index in [-0.39, 0.29) is 42.4 Å². The van der Waals surface area contributed by atoms with E-state index in [1.54, 1.807) is 0 Å². The Morgan fingerprint density at radius 2 is 0.977 bits per heavy atom. The van der Waals surface area contributed by atoms with Gasteiger partial charge in [-0.2, -0.15) is 0 Å². The lowest BCUT2D eigenvalue weighted by atomic mass is 9.98. The van der Waals surface area contributed by atoms with Crippen molar-refractivity contribution in [1.82, 2.24) is 25.8 Å². The van der Waals surface area contributed by atoms with Crippen LogP contribution in [0.5, 0.6) is 0 Å². The van der Waals surface area contributed by atoms with Gasteiger partial charge in [0.05, 0.1) is 43.2 Å². The maximum atomic E-state index is 12.8. The first kappa shape index (κ1) is 79.9. The maximum absolute atomic E-state index is 12.8. The molecule has 2 atom stereocenters. The summed E-state index contributed by atoms with van der Waals surface area (Å²) in [5, 5.41) is 8.84. The van der Waals surface area contributed by atoms with Crippen LogP contribution in [0.15, 0.2) is 60.8 Å². The van der Waals surface area contributed by atoms with Gasteiger partial charge >= 0.3 is 6.09 Å². The summed E-state index contributed by atoms with van der Waals surface area (Å²) in [4.78, 5) is 64.5. The lowest BCUT2D eigenvalue weighted by Crippen LogP contribution is -2.36. The summed E-state index contributed by atoms with van der Waals surface area (Å²) in [5.74, 6) is -1.19. The van der Waals surface area contributed by atoms with E-state index in [0.29, 0.717) is 84.3 Å². The van der Waals surface area contributed by atoms with Gasteiger partial charge in [-0.15, -0.1) is 0 Å². The van der Waals surface area contributed by atoms with Crippen LogP contribution in [0.1, 0.15) is 279 Å². The second kappa shape index (κ2) is 51.5. The van der Waals surface area contributed by atoms with Gasteiger partial charge in [0.15, 0.2) is 5.79 Å². The summed E-state index contributed by atoms with van der Waals surface area (Å²) in [6.45, 7) is 16.2. The first-order valence-corrected chi connectivity index (χ1v) is 35.4. The van der Waals surface area contributed by atoms with Crippen molar-refractivity contribution in [3.05, 3.63) is 60.8 Å². The zero-order chi connectivity index (χ0) is 64.2. The van der Waals surface area contributed by atoms with Crippen molar-refractivity contribution in [2.75, 3.05) is 66.6 Å². The molecule has 2 heterocycles. The third kappa shape index (κ3) is 43.5. The standard InChI is InChI=1S/C73H129N5O10/c1-9-11-13-15-17-19-21-23-25-27-29-31-33-35-37-43-52-73(53-44-38-36-34-32-30-28-26-24-22-20-18-16-14-12-10-2)87-64(65(88-73)63-77(7)8)51-60-84-70(83)76-56-45-39-41-47-66(79)74-57-54-71(3,4)85-61-55-72(5,6)86-62-58-75-67(80)48-42-40-46-59-78-68(81)49-50-69(78)82/h17-20,23-26,49-50,64-65H,9-16,21-22,27-48,51-63H2,1-8H3,(H,74,79)(H,75,80)(H,76,83)/b19-17-,20-18-,25-23-,26-24-. The van der Waals surface area contributed by atoms with Gasteiger partial charge in [-0.3, -0.25) is 24.1 Å². The number of allylic oxidation sites excluding steroid dienone is 8. The van der Waals surface area contributed by atoms with Crippen LogP contribution in [-0.2, 0) is 42.9 Å². The Hall–Kier alpha value is -4.15.